The van der Waals surface area contributed by atoms with E-state index in [-0.39, 0.29) is 12.7 Å². The molecule has 0 spiro atoms. The molecule has 4 heteroatoms. The molecule has 100 valence electrons. The highest BCUT2D eigenvalue weighted by molar-refractivity contribution is 5.92. The first kappa shape index (κ1) is 12.1. The van der Waals surface area contributed by atoms with Crippen LogP contribution in [-0.2, 0) is 4.79 Å². The van der Waals surface area contributed by atoms with Crippen LogP contribution >= 0.6 is 0 Å². The van der Waals surface area contributed by atoms with Crippen LogP contribution in [-0.4, -0.2) is 18.7 Å². The van der Waals surface area contributed by atoms with Gasteiger partial charge in [-0.2, -0.15) is 0 Å². The Morgan fingerprint density at radius 2 is 2.00 bits per heavy atom. The van der Waals surface area contributed by atoms with Gasteiger partial charge in [-0.3, -0.25) is 4.79 Å². The first-order valence-corrected chi connectivity index (χ1v) is 6.69. The summed E-state index contributed by atoms with van der Waals surface area (Å²) in [4.78, 5) is 11.8. The Hall–Kier alpha value is -1.97. The second kappa shape index (κ2) is 5.34. The van der Waals surface area contributed by atoms with E-state index >= 15 is 0 Å². The number of nitrogens with one attached hydrogen (secondary N) is 1. The first-order valence-electron chi connectivity index (χ1n) is 6.69. The van der Waals surface area contributed by atoms with Gasteiger partial charge < -0.3 is 14.8 Å². The second-order valence-electron chi connectivity index (χ2n) is 4.94. The van der Waals surface area contributed by atoms with Gasteiger partial charge in [-0.05, 0) is 36.6 Å². The summed E-state index contributed by atoms with van der Waals surface area (Å²) in [6, 6.07) is 6.00. The molecule has 1 aromatic carbocycles. The SMILES string of the molecule is O=C(/C=C/c1ccc2c(c1)OCO2)NC1CCCC1. The fourth-order valence-electron chi connectivity index (χ4n) is 2.51. The van der Waals surface area contributed by atoms with Crippen LogP contribution in [0.3, 0.4) is 0 Å². The third-order valence-electron chi connectivity index (χ3n) is 3.53. The smallest absolute Gasteiger partial charge is 0.244 e. The maximum atomic E-state index is 11.8. The number of fused-ring (bicyclic) bond motifs is 1. The van der Waals surface area contributed by atoms with Crippen molar-refractivity contribution >= 4 is 12.0 Å². The molecule has 0 aromatic heterocycles. The van der Waals surface area contributed by atoms with E-state index in [9.17, 15) is 4.79 Å². The first-order chi connectivity index (χ1) is 9.31. The summed E-state index contributed by atoms with van der Waals surface area (Å²) < 4.78 is 10.5. The molecule has 1 aromatic rings. The van der Waals surface area contributed by atoms with E-state index in [0.717, 1.165) is 29.9 Å². The van der Waals surface area contributed by atoms with Crippen LogP contribution in [0, 0.1) is 0 Å². The molecule has 1 amide bonds. The molecule has 0 radical (unpaired) electrons. The molecule has 1 heterocycles. The molecular formula is C15H17NO3. The van der Waals surface area contributed by atoms with Crippen molar-refractivity contribution in [1.29, 1.82) is 0 Å². The standard InChI is InChI=1S/C15H17NO3/c17-15(16-12-3-1-2-4-12)8-6-11-5-7-13-14(9-11)19-10-18-13/h5-9,12H,1-4,10H2,(H,16,17)/b8-6+. The summed E-state index contributed by atoms with van der Waals surface area (Å²) in [7, 11) is 0. The summed E-state index contributed by atoms with van der Waals surface area (Å²) in [6.07, 6.45) is 8.02. The summed E-state index contributed by atoms with van der Waals surface area (Å²) in [6.45, 7) is 0.269. The number of carbonyl (C=O) groups is 1. The van der Waals surface area contributed by atoms with Crippen LogP contribution in [0.5, 0.6) is 11.5 Å². The topological polar surface area (TPSA) is 47.6 Å². The maximum absolute atomic E-state index is 11.8. The number of carbonyl (C=O) groups excluding carboxylic acids is 1. The van der Waals surface area contributed by atoms with E-state index in [0.29, 0.717) is 6.04 Å². The Kier molecular flexibility index (Phi) is 3.40. The third kappa shape index (κ3) is 2.89. The number of hydrogen-bond donors (Lipinski definition) is 1. The van der Waals surface area contributed by atoms with Gasteiger partial charge in [-0.15, -0.1) is 0 Å². The minimum absolute atomic E-state index is 0.0235. The van der Waals surface area contributed by atoms with Gasteiger partial charge in [0.2, 0.25) is 12.7 Å². The lowest BCUT2D eigenvalue weighted by Crippen LogP contribution is -2.30. The Balaban J connectivity index is 1.60. The number of amides is 1. The zero-order valence-corrected chi connectivity index (χ0v) is 10.7. The van der Waals surface area contributed by atoms with Crippen molar-refractivity contribution in [2.75, 3.05) is 6.79 Å². The van der Waals surface area contributed by atoms with Crippen LogP contribution in [0.2, 0.25) is 0 Å². The summed E-state index contributed by atoms with van der Waals surface area (Å²) >= 11 is 0. The van der Waals surface area contributed by atoms with Crippen molar-refractivity contribution < 1.29 is 14.3 Å². The van der Waals surface area contributed by atoms with E-state index < -0.39 is 0 Å². The normalized spacial score (nSPS) is 18.1. The Labute approximate surface area is 112 Å². The summed E-state index contributed by atoms with van der Waals surface area (Å²) in [5, 5.41) is 3.02. The minimum atomic E-state index is -0.0235. The molecule has 1 saturated carbocycles. The van der Waals surface area contributed by atoms with Crippen molar-refractivity contribution in [2.45, 2.75) is 31.7 Å². The van der Waals surface area contributed by atoms with Gasteiger partial charge >= 0.3 is 0 Å². The highest BCUT2D eigenvalue weighted by Crippen LogP contribution is 2.32. The average Bonchev–Trinajstić information content (AvgIpc) is 3.06. The molecule has 0 bridgehead atoms. The molecule has 3 rings (SSSR count). The van der Waals surface area contributed by atoms with Gasteiger partial charge in [0.1, 0.15) is 0 Å². The Morgan fingerprint density at radius 1 is 1.21 bits per heavy atom. The van der Waals surface area contributed by atoms with Crippen molar-refractivity contribution in [1.82, 2.24) is 5.32 Å². The molecule has 1 N–H and O–H groups in total. The molecule has 1 aliphatic carbocycles. The van der Waals surface area contributed by atoms with Crippen LogP contribution < -0.4 is 14.8 Å². The Bertz CT molecular complexity index is 504. The molecule has 0 atom stereocenters. The molecule has 0 unspecified atom stereocenters. The highest BCUT2D eigenvalue weighted by atomic mass is 16.7. The lowest BCUT2D eigenvalue weighted by molar-refractivity contribution is -0.117. The van der Waals surface area contributed by atoms with E-state index in [2.05, 4.69) is 5.32 Å². The largest absolute Gasteiger partial charge is 0.454 e. The third-order valence-corrected chi connectivity index (χ3v) is 3.53. The molecule has 1 fully saturated rings. The fourth-order valence-corrected chi connectivity index (χ4v) is 2.51. The van der Waals surface area contributed by atoms with Crippen molar-refractivity contribution in [3.8, 4) is 11.5 Å². The highest BCUT2D eigenvalue weighted by Gasteiger charge is 2.16. The quantitative estimate of drug-likeness (QED) is 0.848. The van der Waals surface area contributed by atoms with Crippen LogP contribution in [0.15, 0.2) is 24.3 Å². The molecule has 1 aliphatic heterocycles. The van der Waals surface area contributed by atoms with Gasteiger partial charge in [-0.1, -0.05) is 18.9 Å². The molecular weight excluding hydrogens is 242 g/mol. The molecule has 4 nitrogen and oxygen atoms in total. The van der Waals surface area contributed by atoms with Gasteiger partial charge in [0.25, 0.3) is 0 Å². The van der Waals surface area contributed by atoms with Gasteiger partial charge in [0, 0.05) is 12.1 Å². The summed E-state index contributed by atoms with van der Waals surface area (Å²) in [5.41, 5.74) is 0.936. The lowest BCUT2D eigenvalue weighted by atomic mass is 10.2. The van der Waals surface area contributed by atoms with Crippen LogP contribution in [0.25, 0.3) is 6.08 Å². The minimum Gasteiger partial charge on any atom is -0.454 e. The monoisotopic (exact) mass is 259 g/mol. The van der Waals surface area contributed by atoms with Crippen LogP contribution in [0.4, 0.5) is 0 Å². The van der Waals surface area contributed by atoms with E-state index in [1.807, 2.05) is 18.2 Å². The molecule has 19 heavy (non-hydrogen) atoms. The molecule has 2 aliphatic rings. The van der Waals surface area contributed by atoms with Gasteiger partial charge in [0.05, 0.1) is 0 Å². The zero-order chi connectivity index (χ0) is 13.1. The fraction of sp³-hybridized carbons (Fsp3) is 0.400. The van der Waals surface area contributed by atoms with Crippen molar-refractivity contribution in [3.05, 3.63) is 29.8 Å². The number of rotatable bonds is 3. The Morgan fingerprint density at radius 3 is 2.84 bits per heavy atom. The maximum Gasteiger partial charge on any atom is 0.244 e. The predicted octanol–water partition coefficient (Wildman–Crippen LogP) is 2.49. The zero-order valence-electron chi connectivity index (χ0n) is 10.7. The number of benzene rings is 1. The number of hydrogen-bond acceptors (Lipinski definition) is 3. The summed E-state index contributed by atoms with van der Waals surface area (Å²) in [5.74, 6) is 1.47. The predicted molar refractivity (Wildman–Crippen MR) is 72.0 cm³/mol. The average molecular weight is 259 g/mol. The number of ether oxygens (including phenoxy) is 2. The molecule has 0 saturated heterocycles. The van der Waals surface area contributed by atoms with E-state index in [1.165, 1.54) is 12.8 Å². The van der Waals surface area contributed by atoms with E-state index in [4.69, 9.17) is 9.47 Å². The van der Waals surface area contributed by atoms with Crippen LogP contribution in [0.1, 0.15) is 31.2 Å². The van der Waals surface area contributed by atoms with Gasteiger partial charge in [-0.25, -0.2) is 0 Å². The van der Waals surface area contributed by atoms with Gasteiger partial charge in [0.15, 0.2) is 11.5 Å². The van der Waals surface area contributed by atoms with Crippen molar-refractivity contribution in [3.63, 3.8) is 0 Å². The lowest BCUT2D eigenvalue weighted by Gasteiger charge is -2.09. The van der Waals surface area contributed by atoms with Crippen molar-refractivity contribution in [2.24, 2.45) is 0 Å². The van der Waals surface area contributed by atoms with E-state index in [1.54, 1.807) is 12.2 Å². The second-order valence-corrected chi connectivity index (χ2v) is 4.94.